The molecular formula is C37H45ClF2N6O3. The van der Waals surface area contributed by atoms with Gasteiger partial charge in [0.05, 0.1) is 28.4 Å². The number of pyridine rings is 1. The number of alkyl halides is 2. The highest BCUT2D eigenvalue weighted by Gasteiger charge is 2.73. The van der Waals surface area contributed by atoms with E-state index in [0.717, 1.165) is 47.1 Å². The van der Waals surface area contributed by atoms with Gasteiger partial charge in [0.1, 0.15) is 11.1 Å². The molecule has 0 N–H and O–H groups in total. The van der Waals surface area contributed by atoms with Gasteiger partial charge in [-0.15, -0.1) is 0 Å². The van der Waals surface area contributed by atoms with Crippen LogP contribution in [-0.4, -0.2) is 86.1 Å². The molecule has 1 unspecified atom stereocenters. The Hall–Kier alpha value is -3.31. The molecule has 12 heteroatoms. The minimum absolute atomic E-state index is 0.00202. The number of anilines is 1. The average molecular weight is 695 g/mol. The van der Waals surface area contributed by atoms with E-state index in [1.54, 1.807) is 4.90 Å². The normalized spacial score (nSPS) is 28.0. The van der Waals surface area contributed by atoms with Crippen molar-refractivity contribution in [1.82, 2.24) is 24.3 Å². The van der Waals surface area contributed by atoms with Crippen molar-refractivity contribution in [2.75, 3.05) is 31.1 Å². The third kappa shape index (κ3) is 5.16. The molecule has 2 aromatic heterocycles. The Kier molecular flexibility index (Phi) is 7.44. The first-order chi connectivity index (χ1) is 23.2. The van der Waals surface area contributed by atoms with Gasteiger partial charge in [-0.1, -0.05) is 30.7 Å². The number of benzene rings is 1. The highest BCUT2D eigenvalue weighted by molar-refractivity contribution is 6.34. The summed E-state index contributed by atoms with van der Waals surface area (Å²) in [5.74, 6) is -2.48. The molecule has 1 aromatic carbocycles. The van der Waals surface area contributed by atoms with Crippen LogP contribution in [0.1, 0.15) is 91.2 Å². The van der Waals surface area contributed by atoms with Crippen LogP contribution in [0.25, 0.3) is 22.3 Å². The topological polar surface area (TPSA) is 83.8 Å². The SMILES string of the molecule is CC[C@H](C)n1cnc2cc(-c3ccc4c(c3)N(C3CC(N5CCC6(C5)CC6(F)F)C3)C(=O)C43CCN(C(=O)OC(C)(C)C)CC3)nc(Cl)c21. The summed E-state index contributed by atoms with van der Waals surface area (Å²) in [5, 5.41) is 0.385. The van der Waals surface area contributed by atoms with E-state index in [2.05, 4.69) is 40.4 Å². The number of hydrogen-bond acceptors (Lipinski definition) is 6. The predicted octanol–water partition coefficient (Wildman–Crippen LogP) is 7.60. The molecule has 2 spiro atoms. The molecule has 5 aliphatic rings. The molecule has 2 saturated heterocycles. The van der Waals surface area contributed by atoms with Crippen molar-refractivity contribution >= 4 is 40.3 Å². The number of carbonyl (C=O) groups is 2. The van der Waals surface area contributed by atoms with Gasteiger partial charge < -0.3 is 19.1 Å². The predicted molar refractivity (Wildman–Crippen MR) is 184 cm³/mol. The van der Waals surface area contributed by atoms with E-state index in [1.165, 1.54) is 0 Å². The molecule has 2 amide bonds. The molecule has 8 rings (SSSR count). The number of piperidine rings is 1. The van der Waals surface area contributed by atoms with Crippen molar-refractivity contribution in [3.63, 3.8) is 0 Å². The summed E-state index contributed by atoms with van der Waals surface area (Å²) in [6.45, 7) is 11.8. The van der Waals surface area contributed by atoms with Gasteiger partial charge in [0.2, 0.25) is 5.91 Å². The monoisotopic (exact) mass is 694 g/mol. The van der Waals surface area contributed by atoms with Crippen LogP contribution in [0, 0.1) is 5.41 Å². The fourth-order valence-electron chi connectivity index (χ4n) is 8.79. The summed E-state index contributed by atoms with van der Waals surface area (Å²) in [5.41, 5.74) is 2.74. The lowest BCUT2D eigenvalue weighted by atomic mass is 9.73. The lowest BCUT2D eigenvalue weighted by molar-refractivity contribution is -0.126. The molecule has 0 radical (unpaired) electrons. The molecule has 262 valence electrons. The van der Waals surface area contributed by atoms with Gasteiger partial charge in [0.25, 0.3) is 5.92 Å². The van der Waals surface area contributed by atoms with E-state index in [0.29, 0.717) is 56.3 Å². The number of halogens is 3. The van der Waals surface area contributed by atoms with Gasteiger partial charge in [-0.05, 0) is 90.5 Å². The minimum Gasteiger partial charge on any atom is -0.444 e. The minimum atomic E-state index is -2.54. The van der Waals surface area contributed by atoms with E-state index in [-0.39, 0.29) is 36.5 Å². The standard InChI is InChI=1S/C37H45ClF2N6O3/c1-6-22(2)45-21-41-28-18-27(42-31(38)30(28)45)23-7-8-26-29(15-23)46(25-16-24(17-25)44-12-9-35(20-44)19-37(35,39)40)32(47)36(26)10-13-43(14-11-36)33(48)49-34(3,4)5/h7-8,15,18,21-22,24-25H,6,9-14,16-17,19-20H2,1-5H3/t22-,24?,25?,35?/m0/s1. The number of ether oxygens (including phenoxy) is 1. The number of imidazole rings is 1. The molecule has 9 nitrogen and oxygen atoms in total. The smallest absolute Gasteiger partial charge is 0.410 e. The summed E-state index contributed by atoms with van der Waals surface area (Å²) < 4.78 is 36.0. The zero-order valence-corrected chi connectivity index (χ0v) is 29.7. The number of aromatic nitrogens is 3. The molecular weight excluding hydrogens is 650 g/mol. The first-order valence-corrected chi connectivity index (χ1v) is 18.1. The van der Waals surface area contributed by atoms with Crippen LogP contribution in [0.4, 0.5) is 19.3 Å². The van der Waals surface area contributed by atoms with Crippen LogP contribution in [0.3, 0.4) is 0 Å². The van der Waals surface area contributed by atoms with Gasteiger partial charge >= 0.3 is 6.09 Å². The number of likely N-dealkylation sites (tertiary alicyclic amines) is 2. The Morgan fingerprint density at radius 2 is 1.82 bits per heavy atom. The van der Waals surface area contributed by atoms with E-state index >= 15 is 0 Å². The van der Waals surface area contributed by atoms with Gasteiger partial charge in [-0.25, -0.2) is 23.5 Å². The zero-order chi connectivity index (χ0) is 34.7. The lowest BCUT2D eigenvalue weighted by Crippen LogP contribution is -2.57. The van der Waals surface area contributed by atoms with E-state index in [1.807, 2.05) is 44.1 Å². The Bertz CT molecular complexity index is 1840. The third-order valence-electron chi connectivity index (χ3n) is 12.1. The number of carbonyl (C=O) groups excluding carboxylic acids is 2. The number of rotatable bonds is 5. The van der Waals surface area contributed by atoms with E-state index in [9.17, 15) is 18.4 Å². The van der Waals surface area contributed by atoms with Crippen LogP contribution in [0.5, 0.6) is 0 Å². The second-order valence-corrected chi connectivity index (χ2v) is 16.6. The van der Waals surface area contributed by atoms with Crippen molar-refractivity contribution in [2.24, 2.45) is 5.41 Å². The lowest BCUT2D eigenvalue weighted by Gasteiger charge is -2.46. The van der Waals surface area contributed by atoms with Gasteiger partial charge in [-0.2, -0.15) is 0 Å². The Balaban J connectivity index is 1.10. The molecule has 3 aromatic rings. The summed E-state index contributed by atoms with van der Waals surface area (Å²) in [7, 11) is 0. The first kappa shape index (κ1) is 32.9. The number of fused-ring (bicyclic) bond motifs is 3. The Labute approximate surface area is 290 Å². The fraction of sp³-hybridized carbons (Fsp3) is 0.622. The molecule has 5 heterocycles. The largest absolute Gasteiger partial charge is 0.444 e. The van der Waals surface area contributed by atoms with Crippen LogP contribution in [-0.2, 0) is 14.9 Å². The summed E-state index contributed by atoms with van der Waals surface area (Å²) in [6, 6.07) is 8.46. The van der Waals surface area contributed by atoms with E-state index in [4.69, 9.17) is 21.3 Å². The quantitative estimate of drug-likeness (QED) is 0.256. The van der Waals surface area contributed by atoms with Gasteiger partial charge in [0.15, 0.2) is 5.15 Å². The second-order valence-electron chi connectivity index (χ2n) is 16.2. The maximum Gasteiger partial charge on any atom is 0.410 e. The maximum absolute atomic E-state index is 14.7. The van der Waals surface area contributed by atoms with Crippen molar-refractivity contribution < 1.29 is 23.1 Å². The molecule has 2 saturated carbocycles. The average Bonchev–Trinajstić information content (AvgIpc) is 3.42. The van der Waals surface area contributed by atoms with Crippen molar-refractivity contribution in [2.45, 2.75) is 115 Å². The zero-order valence-electron chi connectivity index (χ0n) is 28.9. The van der Waals surface area contributed by atoms with Gasteiger partial charge in [0, 0.05) is 55.4 Å². The molecule has 3 aliphatic heterocycles. The third-order valence-corrected chi connectivity index (χ3v) is 12.4. The maximum atomic E-state index is 14.7. The summed E-state index contributed by atoms with van der Waals surface area (Å²) in [6.07, 6.45) is 5.42. The van der Waals surface area contributed by atoms with Crippen LogP contribution >= 0.6 is 11.6 Å². The molecule has 2 aliphatic carbocycles. The molecule has 2 atom stereocenters. The summed E-state index contributed by atoms with van der Waals surface area (Å²) in [4.78, 5) is 43.0. The van der Waals surface area contributed by atoms with Crippen molar-refractivity contribution in [3.05, 3.63) is 41.3 Å². The molecule has 4 fully saturated rings. The van der Waals surface area contributed by atoms with Crippen LogP contribution in [0.15, 0.2) is 30.6 Å². The highest BCUT2D eigenvalue weighted by atomic mass is 35.5. The number of hydrogen-bond donors (Lipinski definition) is 0. The summed E-state index contributed by atoms with van der Waals surface area (Å²) >= 11 is 6.80. The first-order valence-electron chi connectivity index (χ1n) is 17.8. The fourth-order valence-corrected chi connectivity index (χ4v) is 9.08. The van der Waals surface area contributed by atoms with Crippen LogP contribution < -0.4 is 4.90 Å². The Morgan fingerprint density at radius 3 is 2.45 bits per heavy atom. The van der Waals surface area contributed by atoms with Crippen molar-refractivity contribution in [3.8, 4) is 11.3 Å². The Morgan fingerprint density at radius 1 is 1.10 bits per heavy atom. The van der Waals surface area contributed by atoms with Crippen LogP contribution in [0.2, 0.25) is 5.15 Å². The number of nitrogens with zero attached hydrogens (tertiary/aromatic N) is 6. The number of amides is 2. The molecule has 49 heavy (non-hydrogen) atoms. The molecule has 0 bridgehead atoms. The van der Waals surface area contributed by atoms with Crippen molar-refractivity contribution in [1.29, 1.82) is 0 Å². The van der Waals surface area contributed by atoms with Gasteiger partial charge in [-0.3, -0.25) is 9.69 Å². The second kappa shape index (κ2) is 11.1. The highest BCUT2D eigenvalue weighted by Crippen LogP contribution is 2.65. The van der Waals surface area contributed by atoms with E-state index < -0.39 is 22.4 Å².